The number of thiazole rings is 1. The number of aliphatic hydroxyl groups excluding tert-OH is 1. The van der Waals surface area contributed by atoms with Crippen molar-refractivity contribution in [3.8, 4) is 10.6 Å². The molecule has 0 amide bonds. The highest BCUT2D eigenvalue weighted by atomic mass is 32.1. The second kappa shape index (κ2) is 6.97. The minimum absolute atomic E-state index is 0.279. The highest BCUT2D eigenvalue weighted by Crippen LogP contribution is 2.23. The molecule has 0 bridgehead atoms. The van der Waals surface area contributed by atoms with Crippen LogP contribution in [0.15, 0.2) is 29.6 Å². The SMILES string of the molecule is Cc1ccc(-c2nc(CNCC(O)C(C)C)cs2)cc1. The van der Waals surface area contributed by atoms with Crippen molar-refractivity contribution in [3.05, 3.63) is 40.9 Å². The molecule has 2 N–H and O–H groups in total. The van der Waals surface area contributed by atoms with E-state index in [4.69, 9.17) is 0 Å². The van der Waals surface area contributed by atoms with Crippen LogP contribution in [0.5, 0.6) is 0 Å². The molecule has 0 aliphatic carbocycles. The normalized spacial score (nSPS) is 12.8. The van der Waals surface area contributed by atoms with Gasteiger partial charge in [0.25, 0.3) is 0 Å². The topological polar surface area (TPSA) is 45.2 Å². The number of aliphatic hydroxyl groups is 1. The summed E-state index contributed by atoms with van der Waals surface area (Å²) in [6.45, 7) is 7.43. The van der Waals surface area contributed by atoms with Crippen LogP contribution >= 0.6 is 11.3 Å². The van der Waals surface area contributed by atoms with Crippen molar-refractivity contribution in [1.82, 2.24) is 10.3 Å². The van der Waals surface area contributed by atoms with Crippen molar-refractivity contribution < 1.29 is 5.11 Å². The number of nitrogens with zero attached hydrogens (tertiary/aromatic N) is 1. The fourth-order valence-electron chi connectivity index (χ4n) is 1.80. The predicted molar refractivity (Wildman–Crippen MR) is 84.8 cm³/mol. The largest absolute Gasteiger partial charge is 0.392 e. The number of aromatic nitrogens is 1. The molecule has 0 fully saturated rings. The third-order valence-electron chi connectivity index (χ3n) is 3.28. The van der Waals surface area contributed by atoms with Crippen LogP contribution in [-0.2, 0) is 6.54 Å². The van der Waals surface area contributed by atoms with Crippen LogP contribution in [0.2, 0.25) is 0 Å². The van der Waals surface area contributed by atoms with Gasteiger partial charge in [-0.15, -0.1) is 11.3 Å². The lowest BCUT2D eigenvalue weighted by atomic mass is 10.1. The Balaban J connectivity index is 1.91. The summed E-state index contributed by atoms with van der Waals surface area (Å²) in [5.41, 5.74) is 3.45. The summed E-state index contributed by atoms with van der Waals surface area (Å²) in [4.78, 5) is 4.63. The fraction of sp³-hybridized carbons (Fsp3) is 0.438. The van der Waals surface area contributed by atoms with Gasteiger partial charge in [-0.1, -0.05) is 43.7 Å². The monoisotopic (exact) mass is 290 g/mol. The molecule has 1 atom stereocenters. The molecule has 3 nitrogen and oxygen atoms in total. The highest BCUT2D eigenvalue weighted by Gasteiger charge is 2.09. The zero-order valence-corrected chi connectivity index (χ0v) is 13.1. The van der Waals surface area contributed by atoms with Crippen molar-refractivity contribution in [1.29, 1.82) is 0 Å². The molecule has 0 aliphatic rings. The van der Waals surface area contributed by atoms with E-state index in [2.05, 4.69) is 46.9 Å². The molecule has 0 aliphatic heterocycles. The summed E-state index contributed by atoms with van der Waals surface area (Å²) in [6, 6.07) is 8.42. The molecule has 0 spiro atoms. The molecule has 1 aromatic carbocycles. The van der Waals surface area contributed by atoms with Gasteiger partial charge in [0.15, 0.2) is 0 Å². The number of hydrogen-bond acceptors (Lipinski definition) is 4. The third-order valence-corrected chi connectivity index (χ3v) is 4.22. The first kappa shape index (κ1) is 15.2. The lowest BCUT2D eigenvalue weighted by molar-refractivity contribution is 0.123. The van der Waals surface area contributed by atoms with E-state index in [1.807, 2.05) is 13.8 Å². The van der Waals surface area contributed by atoms with Gasteiger partial charge in [0.05, 0.1) is 11.8 Å². The van der Waals surface area contributed by atoms with E-state index in [0.717, 1.165) is 16.3 Å². The Morgan fingerprint density at radius 3 is 2.60 bits per heavy atom. The van der Waals surface area contributed by atoms with E-state index in [9.17, 15) is 5.11 Å². The molecular weight excluding hydrogens is 268 g/mol. The smallest absolute Gasteiger partial charge is 0.123 e. The van der Waals surface area contributed by atoms with E-state index in [0.29, 0.717) is 13.1 Å². The molecule has 2 rings (SSSR count). The number of aryl methyl sites for hydroxylation is 1. The molecule has 1 aromatic heterocycles. The van der Waals surface area contributed by atoms with E-state index in [-0.39, 0.29) is 12.0 Å². The predicted octanol–water partition coefficient (Wildman–Crippen LogP) is 3.23. The van der Waals surface area contributed by atoms with Gasteiger partial charge in [-0.05, 0) is 12.8 Å². The van der Waals surface area contributed by atoms with Crippen LogP contribution in [0.1, 0.15) is 25.1 Å². The molecule has 0 saturated carbocycles. The Bertz CT molecular complexity index is 534. The van der Waals surface area contributed by atoms with Gasteiger partial charge in [0.2, 0.25) is 0 Å². The van der Waals surface area contributed by atoms with Crippen LogP contribution in [0.4, 0.5) is 0 Å². The van der Waals surface area contributed by atoms with E-state index in [1.54, 1.807) is 11.3 Å². The molecule has 0 saturated heterocycles. The zero-order valence-electron chi connectivity index (χ0n) is 12.3. The summed E-state index contributed by atoms with van der Waals surface area (Å²) in [6.07, 6.45) is -0.301. The van der Waals surface area contributed by atoms with E-state index < -0.39 is 0 Å². The Hall–Kier alpha value is -1.23. The van der Waals surface area contributed by atoms with Gasteiger partial charge in [0, 0.05) is 24.0 Å². The number of benzene rings is 1. The summed E-state index contributed by atoms with van der Waals surface area (Å²) in [5.74, 6) is 0.279. The van der Waals surface area contributed by atoms with Gasteiger partial charge < -0.3 is 10.4 Å². The molecule has 1 heterocycles. The Kier molecular flexibility index (Phi) is 5.29. The van der Waals surface area contributed by atoms with Crippen LogP contribution in [0, 0.1) is 12.8 Å². The molecular formula is C16H22N2OS. The molecule has 20 heavy (non-hydrogen) atoms. The first-order chi connectivity index (χ1) is 9.56. The van der Waals surface area contributed by atoms with Gasteiger partial charge in [-0.25, -0.2) is 4.98 Å². The lowest BCUT2D eigenvalue weighted by Gasteiger charge is -2.14. The van der Waals surface area contributed by atoms with Crippen molar-refractivity contribution in [2.45, 2.75) is 33.4 Å². The minimum Gasteiger partial charge on any atom is -0.392 e. The summed E-state index contributed by atoms with van der Waals surface area (Å²) < 4.78 is 0. The summed E-state index contributed by atoms with van der Waals surface area (Å²) >= 11 is 1.66. The Morgan fingerprint density at radius 1 is 1.25 bits per heavy atom. The summed E-state index contributed by atoms with van der Waals surface area (Å²) in [7, 11) is 0. The lowest BCUT2D eigenvalue weighted by Crippen LogP contribution is -2.30. The average molecular weight is 290 g/mol. The molecule has 2 aromatic rings. The standard InChI is InChI=1S/C16H22N2OS/c1-11(2)15(19)9-17-8-14-10-20-16(18-14)13-6-4-12(3)5-7-13/h4-7,10-11,15,17,19H,8-9H2,1-3H3. The minimum atomic E-state index is -0.301. The molecule has 108 valence electrons. The van der Waals surface area contributed by atoms with Gasteiger partial charge >= 0.3 is 0 Å². The average Bonchev–Trinajstić information content (AvgIpc) is 2.88. The second-order valence-electron chi connectivity index (χ2n) is 5.45. The maximum atomic E-state index is 9.73. The third kappa shape index (κ3) is 4.13. The van der Waals surface area contributed by atoms with Crippen LogP contribution in [-0.4, -0.2) is 22.7 Å². The fourth-order valence-corrected chi connectivity index (χ4v) is 2.63. The van der Waals surface area contributed by atoms with Crippen molar-refractivity contribution in [3.63, 3.8) is 0 Å². The van der Waals surface area contributed by atoms with Crippen LogP contribution < -0.4 is 5.32 Å². The second-order valence-corrected chi connectivity index (χ2v) is 6.31. The molecule has 0 radical (unpaired) electrons. The highest BCUT2D eigenvalue weighted by molar-refractivity contribution is 7.13. The number of nitrogens with one attached hydrogen (secondary N) is 1. The maximum absolute atomic E-state index is 9.73. The van der Waals surface area contributed by atoms with Crippen molar-refractivity contribution in [2.75, 3.05) is 6.54 Å². The first-order valence-corrected chi connectivity index (χ1v) is 7.84. The first-order valence-electron chi connectivity index (χ1n) is 6.96. The molecule has 4 heteroatoms. The van der Waals surface area contributed by atoms with Crippen molar-refractivity contribution >= 4 is 11.3 Å². The van der Waals surface area contributed by atoms with E-state index in [1.165, 1.54) is 5.56 Å². The molecule has 1 unspecified atom stereocenters. The van der Waals surface area contributed by atoms with Crippen LogP contribution in [0.3, 0.4) is 0 Å². The summed E-state index contributed by atoms with van der Waals surface area (Å²) in [5, 5.41) is 16.1. The van der Waals surface area contributed by atoms with Gasteiger partial charge in [0.1, 0.15) is 5.01 Å². The Morgan fingerprint density at radius 2 is 1.95 bits per heavy atom. The van der Waals surface area contributed by atoms with Crippen molar-refractivity contribution in [2.24, 2.45) is 5.92 Å². The quantitative estimate of drug-likeness (QED) is 0.858. The zero-order chi connectivity index (χ0) is 14.5. The number of rotatable bonds is 6. The maximum Gasteiger partial charge on any atom is 0.123 e. The van der Waals surface area contributed by atoms with Crippen LogP contribution in [0.25, 0.3) is 10.6 Å². The van der Waals surface area contributed by atoms with Gasteiger partial charge in [-0.3, -0.25) is 0 Å². The van der Waals surface area contributed by atoms with E-state index >= 15 is 0 Å². The van der Waals surface area contributed by atoms with Gasteiger partial charge in [-0.2, -0.15) is 0 Å². The Labute approximate surface area is 124 Å². The number of hydrogen-bond donors (Lipinski definition) is 2.